The highest BCUT2D eigenvalue weighted by Gasteiger charge is 2.10. The van der Waals surface area contributed by atoms with Crippen molar-refractivity contribution in [3.63, 3.8) is 0 Å². The molecule has 2 rings (SSSR count). The highest BCUT2D eigenvalue weighted by atomic mass is 15.3. The SMILES string of the molecule is CC(NCc1cnc(N(C)C)n1C)c1ccccn1. The Hall–Kier alpha value is -1.88. The van der Waals surface area contributed by atoms with E-state index in [0.29, 0.717) is 0 Å². The second kappa shape index (κ2) is 5.84. The Balaban J connectivity index is 1.99. The minimum Gasteiger partial charge on any atom is -0.348 e. The first-order chi connectivity index (χ1) is 9.09. The fraction of sp³-hybridized carbons (Fsp3) is 0.429. The molecular weight excluding hydrogens is 238 g/mol. The van der Waals surface area contributed by atoms with Crippen LogP contribution in [0.1, 0.15) is 24.4 Å². The van der Waals surface area contributed by atoms with E-state index in [1.165, 1.54) is 0 Å². The van der Waals surface area contributed by atoms with Crippen molar-refractivity contribution in [2.75, 3.05) is 19.0 Å². The number of hydrogen-bond acceptors (Lipinski definition) is 4. The monoisotopic (exact) mass is 259 g/mol. The maximum atomic E-state index is 4.40. The summed E-state index contributed by atoms with van der Waals surface area (Å²) in [4.78, 5) is 10.8. The van der Waals surface area contributed by atoms with Gasteiger partial charge in [-0.25, -0.2) is 4.98 Å². The Kier molecular flexibility index (Phi) is 4.16. The lowest BCUT2D eigenvalue weighted by Crippen LogP contribution is -2.21. The van der Waals surface area contributed by atoms with Crippen molar-refractivity contribution in [1.82, 2.24) is 19.9 Å². The summed E-state index contributed by atoms with van der Waals surface area (Å²) in [6, 6.07) is 6.20. The Bertz CT molecular complexity index is 518. The van der Waals surface area contributed by atoms with Gasteiger partial charge < -0.3 is 14.8 Å². The van der Waals surface area contributed by atoms with Crippen LogP contribution in [-0.4, -0.2) is 28.6 Å². The van der Waals surface area contributed by atoms with E-state index >= 15 is 0 Å². The number of aromatic nitrogens is 3. The van der Waals surface area contributed by atoms with Gasteiger partial charge in [0.05, 0.1) is 17.6 Å². The molecule has 102 valence electrons. The van der Waals surface area contributed by atoms with Crippen LogP contribution in [0.5, 0.6) is 0 Å². The zero-order valence-electron chi connectivity index (χ0n) is 12.0. The summed E-state index contributed by atoms with van der Waals surface area (Å²) in [5.41, 5.74) is 2.21. The molecule has 0 saturated heterocycles. The predicted octanol–water partition coefficient (Wildman–Crippen LogP) is 1.73. The van der Waals surface area contributed by atoms with Gasteiger partial charge >= 0.3 is 0 Å². The summed E-state index contributed by atoms with van der Waals surface area (Å²) in [7, 11) is 6.02. The van der Waals surface area contributed by atoms with Crippen LogP contribution in [0.15, 0.2) is 30.6 Å². The van der Waals surface area contributed by atoms with Crippen LogP contribution < -0.4 is 10.2 Å². The molecule has 5 heteroatoms. The smallest absolute Gasteiger partial charge is 0.204 e. The molecule has 19 heavy (non-hydrogen) atoms. The van der Waals surface area contributed by atoms with Gasteiger partial charge in [0.15, 0.2) is 0 Å². The van der Waals surface area contributed by atoms with Gasteiger partial charge in [0, 0.05) is 39.9 Å². The number of nitrogens with zero attached hydrogens (tertiary/aromatic N) is 4. The van der Waals surface area contributed by atoms with E-state index in [1.807, 2.05) is 56.6 Å². The zero-order valence-corrected chi connectivity index (χ0v) is 12.0. The summed E-state index contributed by atoms with van der Waals surface area (Å²) in [6.07, 6.45) is 3.73. The first-order valence-electron chi connectivity index (χ1n) is 6.42. The fourth-order valence-electron chi connectivity index (χ4n) is 2.01. The van der Waals surface area contributed by atoms with Gasteiger partial charge in [-0.15, -0.1) is 0 Å². The summed E-state index contributed by atoms with van der Waals surface area (Å²) >= 11 is 0. The van der Waals surface area contributed by atoms with E-state index in [9.17, 15) is 0 Å². The van der Waals surface area contributed by atoms with Crippen molar-refractivity contribution in [1.29, 1.82) is 0 Å². The van der Waals surface area contributed by atoms with Crippen LogP contribution in [0, 0.1) is 0 Å². The molecule has 5 nitrogen and oxygen atoms in total. The Labute approximate surface area is 114 Å². The highest BCUT2D eigenvalue weighted by Crippen LogP contribution is 2.13. The second-order valence-corrected chi connectivity index (χ2v) is 4.86. The summed E-state index contributed by atoms with van der Waals surface area (Å²) in [6.45, 7) is 2.89. The van der Waals surface area contributed by atoms with Gasteiger partial charge in [-0.3, -0.25) is 4.98 Å². The lowest BCUT2D eigenvalue weighted by molar-refractivity contribution is 0.546. The van der Waals surface area contributed by atoms with Gasteiger partial charge in [0.1, 0.15) is 0 Å². The van der Waals surface area contributed by atoms with E-state index < -0.39 is 0 Å². The maximum Gasteiger partial charge on any atom is 0.204 e. The maximum absolute atomic E-state index is 4.40. The average Bonchev–Trinajstić information content (AvgIpc) is 2.78. The third-order valence-electron chi connectivity index (χ3n) is 3.18. The number of hydrogen-bond donors (Lipinski definition) is 1. The molecule has 1 atom stereocenters. The Morgan fingerprint density at radius 2 is 2.11 bits per heavy atom. The standard InChI is InChI=1S/C14H21N5/c1-11(13-7-5-6-8-15-13)16-9-12-10-17-14(18(2)3)19(12)4/h5-8,10-11,16H,9H2,1-4H3. The molecular formula is C14H21N5. The van der Waals surface area contributed by atoms with E-state index in [2.05, 4.69) is 26.8 Å². The van der Waals surface area contributed by atoms with Gasteiger partial charge in [-0.1, -0.05) is 6.07 Å². The first kappa shape index (κ1) is 13.5. The van der Waals surface area contributed by atoms with Gasteiger partial charge in [0.25, 0.3) is 0 Å². The molecule has 0 amide bonds. The first-order valence-corrected chi connectivity index (χ1v) is 6.42. The second-order valence-electron chi connectivity index (χ2n) is 4.86. The molecule has 0 spiro atoms. The molecule has 0 radical (unpaired) electrons. The molecule has 0 fully saturated rings. The summed E-state index contributed by atoms with van der Waals surface area (Å²) in [5, 5.41) is 3.47. The molecule has 0 aromatic carbocycles. The molecule has 1 unspecified atom stereocenters. The number of pyridine rings is 1. The quantitative estimate of drug-likeness (QED) is 0.888. The van der Waals surface area contributed by atoms with Gasteiger partial charge in [-0.2, -0.15) is 0 Å². The third-order valence-corrected chi connectivity index (χ3v) is 3.18. The predicted molar refractivity (Wildman–Crippen MR) is 77.0 cm³/mol. The largest absolute Gasteiger partial charge is 0.348 e. The molecule has 0 bridgehead atoms. The normalized spacial score (nSPS) is 12.4. The molecule has 1 N–H and O–H groups in total. The van der Waals surface area contributed by atoms with E-state index in [4.69, 9.17) is 0 Å². The van der Waals surface area contributed by atoms with Crippen molar-refractivity contribution in [3.8, 4) is 0 Å². The van der Waals surface area contributed by atoms with Crippen molar-refractivity contribution in [3.05, 3.63) is 42.0 Å². The van der Waals surface area contributed by atoms with E-state index in [-0.39, 0.29) is 6.04 Å². The van der Waals surface area contributed by atoms with Crippen LogP contribution in [0.25, 0.3) is 0 Å². The van der Waals surface area contributed by atoms with Gasteiger partial charge in [0.2, 0.25) is 5.95 Å². The fourth-order valence-corrected chi connectivity index (χ4v) is 2.01. The van der Waals surface area contributed by atoms with Crippen LogP contribution in [0.3, 0.4) is 0 Å². The van der Waals surface area contributed by atoms with Crippen LogP contribution >= 0.6 is 0 Å². The van der Waals surface area contributed by atoms with E-state index in [1.54, 1.807) is 0 Å². The average molecular weight is 259 g/mol. The van der Waals surface area contributed by atoms with Crippen molar-refractivity contribution < 1.29 is 0 Å². The Morgan fingerprint density at radius 1 is 1.32 bits per heavy atom. The molecule has 0 aliphatic rings. The molecule has 0 aliphatic carbocycles. The number of imidazole rings is 1. The van der Waals surface area contributed by atoms with Crippen molar-refractivity contribution in [2.45, 2.75) is 19.5 Å². The molecule has 2 aromatic rings. The lowest BCUT2D eigenvalue weighted by Gasteiger charge is -2.15. The number of nitrogens with one attached hydrogen (secondary N) is 1. The minimum absolute atomic E-state index is 0.221. The summed E-state index contributed by atoms with van der Waals surface area (Å²) < 4.78 is 2.10. The van der Waals surface area contributed by atoms with Crippen LogP contribution in [0.4, 0.5) is 5.95 Å². The van der Waals surface area contributed by atoms with Crippen molar-refractivity contribution in [2.24, 2.45) is 7.05 Å². The van der Waals surface area contributed by atoms with Gasteiger partial charge in [-0.05, 0) is 19.1 Å². The number of anilines is 1. The molecule has 2 aromatic heterocycles. The summed E-state index contributed by atoms with van der Waals surface area (Å²) in [5.74, 6) is 0.960. The zero-order chi connectivity index (χ0) is 13.8. The van der Waals surface area contributed by atoms with E-state index in [0.717, 1.165) is 23.9 Å². The molecule has 0 aliphatic heterocycles. The highest BCUT2D eigenvalue weighted by molar-refractivity contribution is 5.30. The molecule has 2 heterocycles. The Morgan fingerprint density at radius 3 is 2.68 bits per heavy atom. The lowest BCUT2D eigenvalue weighted by atomic mass is 10.2. The topological polar surface area (TPSA) is 46.0 Å². The van der Waals surface area contributed by atoms with Crippen molar-refractivity contribution >= 4 is 5.95 Å². The minimum atomic E-state index is 0.221. The van der Waals surface area contributed by atoms with Crippen LogP contribution in [0.2, 0.25) is 0 Å². The molecule has 0 saturated carbocycles. The number of rotatable bonds is 5. The van der Waals surface area contributed by atoms with Crippen LogP contribution in [-0.2, 0) is 13.6 Å². The third kappa shape index (κ3) is 3.12.